The van der Waals surface area contributed by atoms with Crippen LogP contribution in [0.5, 0.6) is 0 Å². The molecule has 2 aromatic rings. The van der Waals surface area contributed by atoms with Crippen LogP contribution < -0.4 is 5.32 Å². The summed E-state index contributed by atoms with van der Waals surface area (Å²) in [6.07, 6.45) is 2.33. The predicted molar refractivity (Wildman–Crippen MR) is 99.8 cm³/mol. The monoisotopic (exact) mass is 330 g/mol. The average Bonchev–Trinajstić information content (AvgIpc) is 2.95. The zero-order valence-corrected chi connectivity index (χ0v) is 15.0. The van der Waals surface area contributed by atoms with E-state index in [1.54, 1.807) is 0 Å². The second-order valence-corrected chi connectivity index (χ2v) is 7.39. The maximum atomic E-state index is 5.56. The number of nitrogens with one attached hydrogen (secondary N) is 2. The molecule has 5 heteroatoms. The summed E-state index contributed by atoms with van der Waals surface area (Å²) >= 11 is 5.56. The smallest absolute Gasteiger partial charge is 0.168 e. The first-order chi connectivity index (χ1) is 11.0. The van der Waals surface area contributed by atoms with E-state index in [0.29, 0.717) is 11.8 Å². The van der Waals surface area contributed by atoms with E-state index in [1.807, 2.05) is 0 Å². The molecule has 1 aliphatic heterocycles. The van der Waals surface area contributed by atoms with Crippen LogP contribution in [0.4, 0.5) is 0 Å². The van der Waals surface area contributed by atoms with E-state index in [2.05, 4.69) is 54.2 Å². The third-order valence-electron chi connectivity index (χ3n) is 4.41. The van der Waals surface area contributed by atoms with E-state index < -0.39 is 0 Å². The number of nitrogens with zero attached hydrogens (tertiary/aromatic N) is 2. The molecule has 0 bridgehead atoms. The van der Waals surface area contributed by atoms with Crippen LogP contribution in [-0.4, -0.2) is 39.6 Å². The first-order valence-corrected chi connectivity index (χ1v) is 8.93. The van der Waals surface area contributed by atoms with Gasteiger partial charge in [0.15, 0.2) is 5.11 Å². The summed E-state index contributed by atoms with van der Waals surface area (Å²) in [5.41, 5.74) is 3.46. The number of hydrogen-bond donors (Lipinski definition) is 2. The first-order valence-electron chi connectivity index (χ1n) is 8.52. The number of imidazole rings is 1. The molecule has 0 saturated carbocycles. The van der Waals surface area contributed by atoms with Crippen LogP contribution in [-0.2, 0) is 0 Å². The van der Waals surface area contributed by atoms with Crippen molar-refractivity contribution in [1.82, 2.24) is 20.2 Å². The van der Waals surface area contributed by atoms with Gasteiger partial charge in [-0.1, -0.05) is 19.9 Å². The second kappa shape index (κ2) is 6.87. The van der Waals surface area contributed by atoms with Gasteiger partial charge in [-0.05, 0) is 55.6 Å². The van der Waals surface area contributed by atoms with Crippen molar-refractivity contribution < 1.29 is 0 Å². The molecule has 0 radical (unpaired) electrons. The molecular formula is C18H26N4S. The molecule has 1 atom stereocenters. The standard InChI is InChI=1S/C18H26N4S/c1-12(2)10-19-18(23)22-8-4-5-14(11-22)17-20-15-7-6-13(3)9-16(15)21-17/h6-7,9,12,14H,4-5,8,10-11H2,1-3H3,(H,19,23)(H,20,21). The number of benzene rings is 1. The zero-order valence-electron chi connectivity index (χ0n) is 14.2. The first kappa shape index (κ1) is 16.2. The number of rotatable bonds is 3. The maximum absolute atomic E-state index is 5.56. The molecule has 1 aromatic heterocycles. The van der Waals surface area contributed by atoms with E-state index in [4.69, 9.17) is 17.2 Å². The Balaban J connectivity index is 1.70. The Morgan fingerprint density at radius 1 is 1.48 bits per heavy atom. The summed E-state index contributed by atoms with van der Waals surface area (Å²) in [5, 5.41) is 4.27. The van der Waals surface area contributed by atoms with Gasteiger partial charge in [0.05, 0.1) is 11.0 Å². The van der Waals surface area contributed by atoms with Gasteiger partial charge >= 0.3 is 0 Å². The molecule has 1 fully saturated rings. The van der Waals surface area contributed by atoms with Crippen molar-refractivity contribution in [3.8, 4) is 0 Å². The quantitative estimate of drug-likeness (QED) is 0.844. The summed E-state index contributed by atoms with van der Waals surface area (Å²) in [6.45, 7) is 9.43. The lowest BCUT2D eigenvalue weighted by atomic mass is 9.98. The summed E-state index contributed by atoms with van der Waals surface area (Å²) in [7, 11) is 0. The number of likely N-dealkylation sites (tertiary alicyclic amines) is 1. The van der Waals surface area contributed by atoms with Gasteiger partial charge in [0.2, 0.25) is 0 Å². The highest BCUT2D eigenvalue weighted by Gasteiger charge is 2.25. The molecule has 1 aliphatic rings. The van der Waals surface area contributed by atoms with Crippen molar-refractivity contribution in [2.45, 2.75) is 39.5 Å². The third kappa shape index (κ3) is 3.83. The molecule has 23 heavy (non-hydrogen) atoms. The summed E-state index contributed by atoms with van der Waals surface area (Å²) in [6, 6.07) is 6.38. The summed E-state index contributed by atoms with van der Waals surface area (Å²) in [4.78, 5) is 10.6. The lowest BCUT2D eigenvalue weighted by molar-refractivity contribution is 0.299. The Kier molecular flexibility index (Phi) is 4.85. The van der Waals surface area contributed by atoms with Crippen molar-refractivity contribution in [2.24, 2.45) is 5.92 Å². The predicted octanol–water partition coefficient (Wildman–Crippen LogP) is 3.58. The average molecular weight is 331 g/mol. The molecule has 0 aliphatic carbocycles. The van der Waals surface area contributed by atoms with Gasteiger partial charge in [-0.15, -0.1) is 0 Å². The molecule has 2 N–H and O–H groups in total. The van der Waals surface area contributed by atoms with E-state index >= 15 is 0 Å². The fourth-order valence-electron chi connectivity index (χ4n) is 3.12. The zero-order chi connectivity index (χ0) is 16.4. The summed E-state index contributed by atoms with van der Waals surface area (Å²) < 4.78 is 0. The highest BCUT2D eigenvalue weighted by Crippen LogP contribution is 2.27. The molecule has 0 amide bonds. The highest BCUT2D eigenvalue weighted by molar-refractivity contribution is 7.80. The number of aromatic amines is 1. The largest absolute Gasteiger partial charge is 0.362 e. The minimum Gasteiger partial charge on any atom is -0.362 e. The molecule has 2 heterocycles. The molecule has 1 aromatic carbocycles. The molecule has 3 rings (SSSR count). The number of aromatic nitrogens is 2. The van der Waals surface area contributed by atoms with Gasteiger partial charge in [0.25, 0.3) is 0 Å². The fraction of sp³-hybridized carbons (Fsp3) is 0.556. The van der Waals surface area contributed by atoms with Gasteiger partial charge in [-0.25, -0.2) is 4.98 Å². The van der Waals surface area contributed by atoms with E-state index in [1.165, 1.54) is 12.0 Å². The molecule has 1 unspecified atom stereocenters. The molecular weight excluding hydrogens is 304 g/mol. The Morgan fingerprint density at radius 3 is 3.09 bits per heavy atom. The minimum atomic E-state index is 0.426. The van der Waals surface area contributed by atoms with Crippen LogP contribution in [0.1, 0.15) is 44.0 Å². The van der Waals surface area contributed by atoms with Gasteiger partial charge in [-0.3, -0.25) is 0 Å². The Labute approximate surface area is 143 Å². The Hall–Kier alpha value is -1.62. The van der Waals surface area contributed by atoms with Crippen LogP contribution in [0.25, 0.3) is 11.0 Å². The molecule has 4 nitrogen and oxygen atoms in total. The molecule has 0 spiro atoms. The van der Waals surface area contributed by atoms with Crippen LogP contribution in [0.15, 0.2) is 18.2 Å². The number of aryl methyl sites for hydroxylation is 1. The number of fused-ring (bicyclic) bond motifs is 1. The third-order valence-corrected chi connectivity index (χ3v) is 4.82. The van der Waals surface area contributed by atoms with Gasteiger partial charge in [0.1, 0.15) is 5.82 Å². The lowest BCUT2D eigenvalue weighted by Crippen LogP contribution is -2.45. The number of thiocarbonyl (C=S) groups is 1. The van der Waals surface area contributed by atoms with Gasteiger partial charge in [0, 0.05) is 25.6 Å². The number of H-pyrrole nitrogens is 1. The van der Waals surface area contributed by atoms with E-state index in [-0.39, 0.29) is 0 Å². The highest BCUT2D eigenvalue weighted by atomic mass is 32.1. The van der Waals surface area contributed by atoms with Gasteiger partial charge in [-0.2, -0.15) is 0 Å². The van der Waals surface area contributed by atoms with Crippen molar-refractivity contribution >= 4 is 28.4 Å². The van der Waals surface area contributed by atoms with Crippen molar-refractivity contribution in [1.29, 1.82) is 0 Å². The minimum absolute atomic E-state index is 0.426. The summed E-state index contributed by atoms with van der Waals surface area (Å²) in [5.74, 6) is 2.13. The second-order valence-electron chi connectivity index (χ2n) is 7.01. The van der Waals surface area contributed by atoms with Crippen molar-refractivity contribution in [3.05, 3.63) is 29.6 Å². The molecule has 124 valence electrons. The number of piperidine rings is 1. The maximum Gasteiger partial charge on any atom is 0.168 e. The van der Waals surface area contributed by atoms with Crippen LogP contribution in [0.3, 0.4) is 0 Å². The molecule has 1 saturated heterocycles. The SMILES string of the molecule is Cc1ccc2nc(C3CCCN(C(=S)NCC(C)C)C3)[nH]c2c1. The van der Waals surface area contributed by atoms with E-state index in [0.717, 1.165) is 48.0 Å². The van der Waals surface area contributed by atoms with Crippen LogP contribution >= 0.6 is 12.2 Å². The van der Waals surface area contributed by atoms with Crippen molar-refractivity contribution in [2.75, 3.05) is 19.6 Å². The van der Waals surface area contributed by atoms with Crippen LogP contribution in [0, 0.1) is 12.8 Å². The topological polar surface area (TPSA) is 44.0 Å². The fourth-order valence-corrected chi connectivity index (χ4v) is 3.37. The number of hydrogen-bond acceptors (Lipinski definition) is 2. The van der Waals surface area contributed by atoms with Crippen molar-refractivity contribution in [3.63, 3.8) is 0 Å². The lowest BCUT2D eigenvalue weighted by Gasteiger charge is -2.34. The van der Waals surface area contributed by atoms with E-state index in [9.17, 15) is 0 Å². The van der Waals surface area contributed by atoms with Gasteiger partial charge < -0.3 is 15.2 Å². The van der Waals surface area contributed by atoms with Crippen LogP contribution in [0.2, 0.25) is 0 Å². The Morgan fingerprint density at radius 2 is 2.30 bits per heavy atom. The Bertz CT molecular complexity index is 691. The normalized spacial score (nSPS) is 18.6.